The number of nitrogens with one attached hydrogen (secondary N) is 1. The van der Waals surface area contributed by atoms with E-state index in [1.807, 2.05) is 0 Å². The number of benzene rings is 1. The molecular weight excluding hydrogens is 296 g/mol. The smallest absolute Gasteiger partial charge is 0.255 e. The third-order valence-corrected chi connectivity index (χ3v) is 3.66. The normalized spacial score (nSPS) is 20.7. The minimum Gasteiger partial charge on any atom is -0.507 e. The standard InChI is InChI=1S/C13H17BrN2O2/c1-16-6-2-3-10(8-16)15-13(18)11-7-9(14)4-5-12(11)17/h4-5,7,10,17H,2-3,6,8H2,1H3,(H,15,18). The molecule has 18 heavy (non-hydrogen) atoms. The molecule has 0 aromatic heterocycles. The van der Waals surface area contributed by atoms with Crippen LogP contribution in [0.25, 0.3) is 0 Å². The Bertz CT molecular complexity index is 451. The average molecular weight is 313 g/mol. The van der Waals surface area contributed by atoms with Gasteiger partial charge in [-0.1, -0.05) is 15.9 Å². The highest BCUT2D eigenvalue weighted by Gasteiger charge is 2.20. The molecule has 4 nitrogen and oxygen atoms in total. The molecule has 0 radical (unpaired) electrons. The first-order valence-corrected chi connectivity index (χ1v) is 6.83. The monoisotopic (exact) mass is 312 g/mol. The van der Waals surface area contributed by atoms with Crippen molar-refractivity contribution in [3.05, 3.63) is 28.2 Å². The number of halogens is 1. The van der Waals surface area contributed by atoms with E-state index in [2.05, 4.69) is 33.2 Å². The summed E-state index contributed by atoms with van der Waals surface area (Å²) < 4.78 is 0.784. The Hall–Kier alpha value is -1.07. The molecule has 1 fully saturated rings. The summed E-state index contributed by atoms with van der Waals surface area (Å²) in [7, 11) is 2.05. The number of hydrogen-bond donors (Lipinski definition) is 2. The van der Waals surface area contributed by atoms with Gasteiger partial charge in [0.15, 0.2) is 0 Å². The summed E-state index contributed by atoms with van der Waals surface area (Å²) in [5, 5.41) is 12.7. The van der Waals surface area contributed by atoms with Gasteiger partial charge < -0.3 is 15.3 Å². The first-order valence-electron chi connectivity index (χ1n) is 6.04. The summed E-state index contributed by atoms with van der Waals surface area (Å²) >= 11 is 3.30. The molecule has 1 aromatic carbocycles. The van der Waals surface area contributed by atoms with Crippen LogP contribution < -0.4 is 5.32 Å². The van der Waals surface area contributed by atoms with Gasteiger partial charge in [0.05, 0.1) is 5.56 Å². The van der Waals surface area contributed by atoms with Gasteiger partial charge in [-0.15, -0.1) is 0 Å². The van der Waals surface area contributed by atoms with Crippen LogP contribution in [-0.4, -0.2) is 42.1 Å². The summed E-state index contributed by atoms with van der Waals surface area (Å²) in [6, 6.07) is 5.03. The minimum atomic E-state index is -0.214. The number of likely N-dealkylation sites (tertiary alicyclic amines) is 1. The van der Waals surface area contributed by atoms with Crippen molar-refractivity contribution >= 4 is 21.8 Å². The molecule has 0 saturated carbocycles. The highest BCUT2D eigenvalue weighted by atomic mass is 79.9. The first kappa shape index (κ1) is 13.4. The lowest BCUT2D eigenvalue weighted by molar-refractivity contribution is 0.0910. The molecular formula is C13H17BrN2O2. The molecule has 1 atom stereocenters. The van der Waals surface area contributed by atoms with Gasteiger partial charge in [0, 0.05) is 17.1 Å². The van der Waals surface area contributed by atoms with Gasteiger partial charge in [-0.2, -0.15) is 0 Å². The lowest BCUT2D eigenvalue weighted by atomic mass is 10.1. The first-order chi connectivity index (χ1) is 8.56. The van der Waals surface area contributed by atoms with Gasteiger partial charge >= 0.3 is 0 Å². The summed E-state index contributed by atoms with van der Waals surface area (Å²) in [6.07, 6.45) is 2.08. The van der Waals surface area contributed by atoms with Crippen LogP contribution in [-0.2, 0) is 0 Å². The molecule has 1 amide bonds. The van der Waals surface area contributed by atoms with Crippen molar-refractivity contribution in [3.8, 4) is 5.75 Å². The number of aromatic hydroxyl groups is 1. The summed E-state index contributed by atoms with van der Waals surface area (Å²) in [5.41, 5.74) is 0.317. The average Bonchev–Trinajstić information content (AvgIpc) is 2.32. The molecule has 1 aliphatic rings. The molecule has 1 aromatic rings. The number of rotatable bonds is 2. The van der Waals surface area contributed by atoms with Crippen molar-refractivity contribution in [1.82, 2.24) is 10.2 Å². The van der Waals surface area contributed by atoms with Gasteiger partial charge in [0.1, 0.15) is 5.75 Å². The zero-order chi connectivity index (χ0) is 13.1. The van der Waals surface area contributed by atoms with Crippen LogP contribution in [0.5, 0.6) is 5.75 Å². The van der Waals surface area contributed by atoms with Crippen molar-refractivity contribution in [2.45, 2.75) is 18.9 Å². The van der Waals surface area contributed by atoms with E-state index in [1.165, 1.54) is 6.07 Å². The second-order valence-corrected chi connectivity index (χ2v) is 5.65. The molecule has 0 aliphatic carbocycles. The van der Waals surface area contributed by atoms with E-state index in [0.717, 1.165) is 30.4 Å². The van der Waals surface area contributed by atoms with E-state index in [0.29, 0.717) is 5.56 Å². The van der Waals surface area contributed by atoms with Crippen molar-refractivity contribution < 1.29 is 9.90 Å². The van der Waals surface area contributed by atoms with E-state index in [4.69, 9.17) is 0 Å². The third kappa shape index (κ3) is 3.23. The number of carbonyl (C=O) groups excluding carboxylic acids is 1. The largest absolute Gasteiger partial charge is 0.507 e. The Morgan fingerprint density at radius 1 is 1.56 bits per heavy atom. The summed E-state index contributed by atoms with van der Waals surface area (Å²) in [6.45, 7) is 1.94. The number of likely N-dealkylation sites (N-methyl/N-ethyl adjacent to an activating group) is 1. The topological polar surface area (TPSA) is 52.6 Å². The molecule has 98 valence electrons. The van der Waals surface area contributed by atoms with E-state index in [-0.39, 0.29) is 17.7 Å². The van der Waals surface area contributed by atoms with E-state index < -0.39 is 0 Å². The zero-order valence-corrected chi connectivity index (χ0v) is 11.9. The van der Waals surface area contributed by atoms with Crippen LogP contribution in [0, 0.1) is 0 Å². The lowest BCUT2D eigenvalue weighted by Crippen LogP contribution is -2.46. The Balaban J connectivity index is 2.05. The molecule has 0 spiro atoms. The Morgan fingerprint density at radius 3 is 3.06 bits per heavy atom. The summed E-state index contributed by atoms with van der Waals surface area (Å²) in [4.78, 5) is 14.3. The van der Waals surface area contributed by atoms with Crippen LogP contribution >= 0.6 is 15.9 Å². The van der Waals surface area contributed by atoms with Crippen molar-refractivity contribution in [3.63, 3.8) is 0 Å². The van der Waals surface area contributed by atoms with E-state index in [9.17, 15) is 9.90 Å². The maximum atomic E-state index is 12.1. The van der Waals surface area contributed by atoms with Gasteiger partial charge in [-0.3, -0.25) is 4.79 Å². The second kappa shape index (κ2) is 5.71. The van der Waals surface area contributed by atoms with Crippen LogP contribution in [0.15, 0.2) is 22.7 Å². The maximum Gasteiger partial charge on any atom is 0.255 e. The second-order valence-electron chi connectivity index (χ2n) is 4.74. The van der Waals surface area contributed by atoms with Gasteiger partial charge in [0.2, 0.25) is 0 Å². The van der Waals surface area contributed by atoms with Crippen LogP contribution in [0.4, 0.5) is 0 Å². The zero-order valence-electron chi connectivity index (χ0n) is 10.3. The predicted molar refractivity (Wildman–Crippen MR) is 73.8 cm³/mol. The molecule has 0 bridgehead atoms. The number of carbonyl (C=O) groups is 1. The number of hydrogen-bond acceptors (Lipinski definition) is 3. The fourth-order valence-corrected chi connectivity index (χ4v) is 2.60. The maximum absolute atomic E-state index is 12.1. The van der Waals surface area contributed by atoms with Crippen molar-refractivity contribution in [2.24, 2.45) is 0 Å². The van der Waals surface area contributed by atoms with Crippen molar-refractivity contribution in [1.29, 1.82) is 0 Å². The van der Waals surface area contributed by atoms with Gasteiger partial charge in [-0.25, -0.2) is 0 Å². The molecule has 2 N–H and O–H groups in total. The predicted octanol–water partition coefficient (Wildman–Crippen LogP) is 1.98. The molecule has 1 aliphatic heterocycles. The van der Waals surface area contributed by atoms with E-state index in [1.54, 1.807) is 12.1 Å². The molecule has 1 unspecified atom stereocenters. The van der Waals surface area contributed by atoms with E-state index >= 15 is 0 Å². The fourth-order valence-electron chi connectivity index (χ4n) is 2.24. The van der Waals surface area contributed by atoms with Gasteiger partial charge in [-0.05, 0) is 44.6 Å². The highest BCUT2D eigenvalue weighted by molar-refractivity contribution is 9.10. The number of amides is 1. The Morgan fingerprint density at radius 2 is 2.33 bits per heavy atom. The SMILES string of the molecule is CN1CCCC(NC(=O)c2cc(Br)ccc2O)C1. The fraction of sp³-hybridized carbons (Fsp3) is 0.462. The Kier molecular flexibility index (Phi) is 4.24. The van der Waals surface area contributed by atoms with Crippen LogP contribution in [0.1, 0.15) is 23.2 Å². The lowest BCUT2D eigenvalue weighted by Gasteiger charge is -2.30. The minimum absolute atomic E-state index is 0.0138. The van der Waals surface area contributed by atoms with Crippen LogP contribution in [0.2, 0.25) is 0 Å². The number of piperidine rings is 1. The Labute approximate surface area is 115 Å². The van der Waals surface area contributed by atoms with Gasteiger partial charge in [0.25, 0.3) is 5.91 Å². The molecule has 1 saturated heterocycles. The third-order valence-electron chi connectivity index (χ3n) is 3.16. The highest BCUT2D eigenvalue weighted by Crippen LogP contribution is 2.22. The van der Waals surface area contributed by atoms with Crippen LogP contribution in [0.3, 0.4) is 0 Å². The molecule has 2 rings (SSSR count). The molecule has 5 heteroatoms. The quantitative estimate of drug-likeness (QED) is 0.878. The van der Waals surface area contributed by atoms with Crippen molar-refractivity contribution in [2.75, 3.05) is 20.1 Å². The number of nitrogens with zero attached hydrogens (tertiary/aromatic N) is 1. The molecule has 1 heterocycles. The summed E-state index contributed by atoms with van der Waals surface area (Å²) in [5.74, 6) is -0.200. The number of phenolic OH excluding ortho intramolecular Hbond substituents is 1. The number of phenols is 1.